The third-order valence-corrected chi connectivity index (χ3v) is 1.78. The molecular weight excluding hydrogens is 168 g/mol. The minimum atomic E-state index is 0. The van der Waals surface area contributed by atoms with Gasteiger partial charge in [0.25, 0.3) is 0 Å². The van der Waals surface area contributed by atoms with Crippen LogP contribution >= 0.6 is 0 Å². The van der Waals surface area contributed by atoms with Crippen LogP contribution in [0.4, 0.5) is 0 Å². The first-order valence-electron chi connectivity index (χ1n) is 5.13. The van der Waals surface area contributed by atoms with Gasteiger partial charge < -0.3 is 0 Å². The van der Waals surface area contributed by atoms with E-state index in [1.54, 1.807) is 0 Å². The molecule has 0 aliphatic rings. The van der Waals surface area contributed by atoms with Crippen molar-refractivity contribution in [1.29, 1.82) is 0 Å². The summed E-state index contributed by atoms with van der Waals surface area (Å²) in [5.74, 6) is 0.538. The van der Waals surface area contributed by atoms with Crippen LogP contribution in [0.5, 0.6) is 0 Å². The summed E-state index contributed by atoms with van der Waals surface area (Å²) in [5.41, 5.74) is 2.45. The van der Waals surface area contributed by atoms with Gasteiger partial charge in [-0.05, 0) is 17.9 Å². The average molecular weight is 196 g/mol. The average Bonchev–Trinajstić information content (AvgIpc) is 2.16. The maximum absolute atomic E-state index is 3.97. The largest absolute Gasteiger partial charge is 0.0988 e. The lowest BCUT2D eigenvalue weighted by atomic mass is 10.0. The summed E-state index contributed by atoms with van der Waals surface area (Å²) in [6.45, 7) is 18.1. The second-order valence-electron chi connectivity index (χ2n) is 3.01. The fourth-order valence-electron chi connectivity index (χ4n) is 0.710. The maximum atomic E-state index is 3.97. The molecule has 0 N–H and O–H groups in total. The van der Waals surface area contributed by atoms with E-state index >= 15 is 0 Å². The summed E-state index contributed by atoms with van der Waals surface area (Å²) < 4.78 is 0. The van der Waals surface area contributed by atoms with Crippen molar-refractivity contribution in [2.45, 2.75) is 48.5 Å². The summed E-state index contributed by atoms with van der Waals surface area (Å²) in [5, 5.41) is 0. The van der Waals surface area contributed by atoms with E-state index in [1.165, 1.54) is 11.1 Å². The van der Waals surface area contributed by atoms with Crippen molar-refractivity contribution in [3.05, 3.63) is 36.5 Å². The zero-order chi connectivity index (χ0) is 10.9. The monoisotopic (exact) mass is 196 g/mol. The molecule has 0 saturated heterocycles. The predicted octanol–water partition coefficient (Wildman–Crippen LogP) is 5.38. The topological polar surface area (TPSA) is 0 Å². The first kappa shape index (κ1) is 18.9. The highest BCUT2D eigenvalue weighted by atomic mass is 14.0. The molecule has 0 spiro atoms. The van der Waals surface area contributed by atoms with E-state index in [1.807, 2.05) is 19.9 Å². The van der Waals surface area contributed by atoms with Gasteiger partial charge >= 0.3 is 0 Å². The van der Waals surface area contributed by atoms with Gasteiger partial charge in [0.05, 0.1) is 0 Å². The molecule has 0 nitrogen and oxygen atoms in total. The molecule has 0 aliphatic heterocycles. The molecule has 0 amide bonds. The van der Waals surface area contributed by atoms with Crippen LogP contribution in [-0.2, 0) is 0 Å². The Hall–Kier alpha value is -0.780. The number of rotatable bonds is 4. The predicted molar refractivity (Wildman–Crippen MR) is 70.6 cm³/mol. The van der Waals surface area contributed by atoms with Gasteiger partial charge in [-0.2, -0.15) is 0 Å². The molecule has 0 aromatic rings. The van der Waals surface area contributed by atoms with Crippen LogP contribution in [0.1, 0.15) is 48.5 Å². The Morgan fingerprint density at radius 3 is 1.93 bits per heavy atom. The molecule has 0 aromatic heterocycles. The van der Waals surface area contributed by atoms with Crippen molar-refractivity contribution in [3.63, 3.8) is 0 Å². The molecule has 0 heteroatoms. The van der Waals surface area contributed by atoms with E-state index in [9.17, 15) is 0 Å². The molecule has 0 unspecified atom stereocenters. The van der Waals surface area contributed by atoms with Crippen molar-refractivity contribution >= 4 is 0 Å². The van der Waals surface area contributed by atoms with Gasteiger partial charge in [0.2, 0.25) is 0 Å². The first-order valence-corrected chi connectivity index (χ1v) is 5.13. The van der Waals surface area contributed by atoms with Crippen molar-refractivity contribution in [3.8, 4) is 0 Å². The van der Waals surface area contributed by atoms with Crippen LogP contribution in [0, 0.1) is 5.92 Å². The van der Waals surface area contributed by atoms with Gasteiger partial charge in [-0.25, -0.2) is 0 Å². The Bertz CT molecular complexity index is 170. The highest BCUT2D eigenvalue weighted by molar-refractivity contribution is 5.27. The van der Waals surface area contributed by atoms with Crippen molar-refractivity contribution in [1.82, 2.24) is 0 Å². The minimum Gasteiger partial charge on any atom is -0.0988 e. The van der Waals surface area contributed by atoms with E-state index in [0.29, 0.717) is 5.92 Å². The Morgan fingerprint density at radius 2 is 1.71 bits per heavy atom. The lowest BCUT2D eigenvalue weighted by Crippen LogP contribution is -1.89. The Balaban J connectivity index is -0.000000376. The van der Waals surface area contributed by atoms with E-state index < -0.39 is 0 Å². The Labute approximate surface area is 91.4 Å². The molecular formula is C14H28. The SMILES string of the molecule is C.C=C/C(=C\C(=C)C(C)C)CC.CC. The van der Waals surface area contributed by atoms with Crippen LogP contribution in [0.3, 0.4) is 0 Å². The van der Waals surface area contributed by atoms with E-state index in [-0.39, 0.29) is 7.43 Å². The highest BCUT2D eigenvalue weighted by Crippen LogP contribution is 2.12. The molecule has 0 saturated carbocycles. The molecule has 0 heterocycles. The molecule has 0 aromatic carbocycles. The van der Waals surface area contributed by atoms with E-state index in [4.69, 9.17) is 0 Å². The van der Waals surface area contributed by atoms with Crippen LogP contribution < -0.4 is 0 Å². The summed E-state index contributed by atoms with van der Waals surface area (Å²) in [4.78, 5) is 0. The van der Waals surface area contributed by atoms with Gasteiger partial charge in [0, 0.05) is 0 Å². The fourth-order valence-corrected chi connectivity index (χ4v) is 0.710. The summed E-state index contributed by atoms with van der Waals surface area (Å²) in [7, 11) is 0. The minimum absolute atomic E-state index is 0. The number of hydrogen-bond donors (Lipinski definition) is 0. The van der Waals surface area contributed by atoms with E-state index in [0.717, 1.165) is 6.42 Å². The number of hydrogen-bond acceptors (Lipinski definition) is 0. The van der Waals surface area contributed by atoms with Gasteiger partial charge in [-0.15, -0.1) is 0 Å². The third kappa shape index (κ3) is 9.31. The zero-order valence-corrected chi connectivity index (χ0v) is 9.85. The second kappa shape index (κ2) is 12.2. The molecule has 0 fully saturated rings. The quantitative estimate of drug-likeness (QED) is 0.529. The van der Waals surface area contributed by atoms with Crippen LogP contribution in [0.15, 0.2) is 36.5 Å². The fraction of sp³-hybridized carbons (Fsp3) is 0.571. The molecule has 84 valence electrons. The van der Waals surface area contributed by atoms with Crippen molar-refractivity contribution in [2.75, 3.05) is 0 Å². The smallest absolute Gasteiger partial charge is 0.0225 e. The van der Waals surface area contributed by atoms with Crippen molar-refractivity contribution < 1.29 is 0 Å². The second-order valence-corrected chi connectivity index (χ2v) is 3.01. The molecule has 0 bridgehead atoms. The third-order valence-electron chi connectivity index (χ3n) is 1.78. The van der Waals surface area contributed by atoms with Gasteiger partial charge in [-0.1, -0.05) is 72.9 Å². The standard InChI is InChI=1S/C11H18.C2H6.CH4/c1-6-11(7-2)8-10(5)9(3)4;1-2;/h6,8-9H,1,5,7H2,2-4H3;1-2H3;1H4/b11-8+;;. The zero-order valence-electron chi connectivity index (χ0n) is 9.85. The summed E-state index contributed by atoms with van der Waals surface area (Å²) in [6.07, 6.45) is 5.06. The maximum Gasteiger partial charge on any atom is -0.0225 e. The van der Waals surface area contributed by atoms with E-state index in [2.05, 4.69) is 40.0 Å². The van der Waals surface area contributed by atoms with Crippen molar-refractivity contribution in [2.24, 2.45) is 5.92 Å². The Morgan fingerprint density at radius 1 is 1.29 bits per heavy atom. The molecule has 0 aliphatic carbocycles. The summed E-state index contributed by atoms with van der Waals surface area (Å²) in [6, 6.07) is 0. The molecule has 0 atom stereocenters. The lowest BCUT2D eigenvalue weighted by molar-refractivity contribution is 0.793. The molecule has 14 heavy (non-hydrogen) atoms. The van der Waals surface area contributed by atoms with Crippen LogP contribution in [0.2, 0.25) is 0 Å². The van der Waals surface area contributed by atoms with Gasteiger partial charge in [0.15, 0.2) is 0 Å². The molecule has 0 radical (unpaired) electrons. The highest BCUT2D eigenvalue weighted by Gasteiger charge is 1.96. The first-order chi connectivity index (χ1) is 6.11. The van der Waals surface area contributed by atoms with Crippen LogP contribution in [0.25, 0.3) is 0 Å². The van der Waals surface area contributed by atoms with Crippen LogP contribution in [-0.4, -0.2) is 0 Å². The summed E-state index contributed by atoms with van der Waals surface area (Å²) >= 11 is 0. The van der Waals surface area contributed by atoms with Gasteiger partial charge in [-0.3, -0.25) is 0 Å². The lowest BCUT2D eigenvalue weighted by Gasteiger charge is -2.04. The number of allylic oxidation sites excluding steroid dienone is 4. The normalized spacial score (nSPS) is 9.71. The van der Waals surface area contributed by atoms with Gasteiger partial charge in [0.1, 0.15) is 0 Å². The molecule has 0 rings (SSSR count). The Kier molecular flexibility index (Phi) is 16.5.